The molecule has 0 saturated carbocycles. The molecule has 2 rings (SSSR count). The summed E-state index contributed by atoms with van der Waals surface area (Å²) < 4.78 is 0.809. The second-order valence-corrected chi connectivity index (χ2v) is 5.81. The second kappa shape index (κ2) is 6.29. The van der Waals surface area contributed by atoms with E-state index in [1.54, 1.807) is 18.2 Å². The molecule has 0 radical (unpaired) electrons. The van der Waals surface area contributed by atoms with Crippen LogP contribution in [-0.4, -0.2) is 5.91 Å². The number of hydrogen-bond donors (Lipinski definition) is 2. The summed E-state index contributed by atoms with van der Waals surface area (Å²) in [5.74, 6) is -0.216. The molecule has 0 spiro atoms. The Hall–Kier alpha value is -1.52. The van der Waals surface area contributed by atoms with Crippen LogP contribution in [-0.2, 0) is 0 Å². The van der Waals surface area contributed by atoms with Crippen molar-refractivity contribution in [3.8, 4) is 0 Å². The first-order valence-corrected chi connectivity index (χ1v) is 7.26. The van der Waals surface area contributed by atoms with Crippen LogP contribution in [0.5, 0.6) is 0 Å². The van der Waals surface area contributed by atoms with Gasteiger partial charge in [0.1, 0.15) is 0 Å². The standard InChI is InChI=1S/C15H14BrClN2O/c1-9(10-3-2-4-12(18)7-10)19-15(20)13-8-11(16)5-6-14(13)17/h2-9H,18H2,1H3,(H,19,20). The fourth-order valence-corrected chi connectivity index (χ4v) is 2.42. The Bertz CT molecular complexity index is 646. The normalized spacial score (nSPS) is 11.9. The highest BCUT2D eigenvalue weighted by Crippen LogP contribution is 2.22. The molecule has 0 fully saturated rings. The van der Waals surface area contributed by atoms with Gasteiger partial charge in [-0.25, -0.2) is 0 Å². The van der Waals surface area contributed by atoms with Crippen molar-refractivity contribution < 1.29 is 4.79 Å². The summed E-state index contributed by atoms with van der Waals surface area (Å²) >= 11 is 9.37. The zero-order valence-corrected chi connectivity index (χ0v) is 13.2. The summed E-state index contributed by atoms with van der Waals surface area (Å²) in [7, 11) is 0. The van der Waals surface area contributed by atoms with Crippen LogP contribution in [0, 0.1) is 0 Å². The van der Waals surface area contributed by atoms with Crippen LogP contribution in [0.3, 0.4) is 0 Å². The molecule has 2 aromatic carbocycles. The van der Waals surface area contributed by atoms with Gasteiger partial charge in [0.15, 0.2) is 0 Å². The van der Waals surface area contributed by atoms with E-state index in [0.717, 1.165) is 10.0 Å². The number of carbonyl (C=O) groups is 1. The molecule has 0 saturated heterocycles. The average Bonchev–Trinajstić information content (AvgIpc) is 2.41. The van der Waals surface area contributed by atoms with Gasteiger partial charge in [-0.1, -0.05) is 39.7 Å². The number of nitrogens with one attached hydrogen (secondary N) is 1. The van der Waals surface area contributed by atoms with Gasteiger partial charge in [-0.15, -0.1) is 0 Å². The second-order valence-electron chi connectivity index (χ2n) is 4.49. The summed E-state index contributed by atoms with van der Waals surface area (Å²) in [4.78, 5) is 12.2. The summed E-state index contributed by atoms with van der Waals surface area (Å²) in [6, 6.07) is 12.5. The van der Waals surface area contributed by atoms with Gasteiger partial charge in [-0.2, -0.15) is 0 Å². The highest BCUT2D eigenvalue weighted by Gasteiger charge is 2.14. The van der Waals surface area contributed by atoms with E-state index >= 15 is 0 Å². The largest absolute Gasteiger partial charge is 0.399 e. The van der Waals surface area contributed by atoms with Crippen LogP contribution in [0.15, 0.2) is 46.9 Å². The Balaban J connectivity index is 2.17. The lowest BCUT2D eigenvalue weighted by atomic mass is 10.1. The maximum atomic E-state index is 12.2. The summed E-state index contributed by atoms with van der Waals surface area (Å²) in [6.07, 6.45) is 0. The van der Waals surface area contributed by atoms with E-state index in [4.69, 9.17) is 17.3 Å². The van der Waals surface area contributed by atoms with Gasteiger partial charge in [-0.05, 0) is 42.8 Å². The van der Waals surface area contributed by atoms with E-state index in [2.05, 4.69) is 21.2 Å². The molecule has 0 aliphatic rings. The van der Waals surface area contributed by atoms with E-state index in [9.17, 15) is 4.79 Å². The van der Waals surface area contributed by atoms with Crippen LogP contribution < -0.4 is 11.1 Å². The van der Waals surface area contributed by atoms with Crippen LogP contribution in [0.4, 0.5) is 5.69 Å². The molecular weight excluding hydrogens is 340 g/mol. The monoisotopic (exact) mass is 352 g/mol. The number of halogens is 2. The van der Waals surface area contributed by atoms with Crippen LogP contribution in [0.25, 0.3) is 0 Å². The molecule has 0 heterocycles. The molecule has 1 amide bonds. The molecule has 20 heavy (non-hydrogen) atoms. The van der Waals surface area contributed by atoms with Crippen molar-refractivity contribution in [1.82, 2.24) is 5.32 Å². The van der Waals surface area contributed by atoms with Gasteiger partial charge in [0.25, 0.3) is 5.91 Å². The third kappa shape index (κ3) is 3.52. The third-order valence-corrected chi connectivity index (χ3v) is 3.75. The molecule has 2 aromatic rings. The summed E-state index contributed by atoms with van der Waals surface area (Å²) in [6.45, 7) is 1.90. The lowest BCUT2D eigenvalue weighted by molar-refractivity contribution is 0.0940. The minimum Gasteiger partial charge on any atom is -0.399 e. The van der Waals surface area contributed by atoms with E-state index in [0.29, 0.717) is 16.3 Å². The Morgan fingerprint density at radius 2 is 2.05 bits per heavy atom. The summed E-state index contributed by atoms with van der Waals surface area (Å²) in [5.41, 5.74) is 7.80. The Morgan fingerprint density at radius 1 is 1.30 bits per heavy atom. The number of nitrogens with two attached hydrogens (primary N) is 1. The van der Waals surface area contributed by atoms with Crippen molar-refractivity contribution >= 4 is 39.1 Å². The predicted octanol–water partition coefficient (Wildman–Crippen LogP) is 4.18. The average molecular weight is 354 g/mol. The zero-order chi connectivity index (χ0) is 14.7. The smallest absolute Gasteiger partial charge is 0.253 e. The number of rotatable bonds is 3. The van der Waals surface area contributed by atoms with Gasteiger partial charge in [-0.3, -0.25) is 4.79 Å². The first kappa shape index (κ1) is 14.9. The zero-order valence-electron chi connectivity index (χ0n) is 10.9. The minimum atomic E-state index is -0.216. The SMILES string of the molecule is CC(NC(=O)c1cc(Br)ccc1Cl)c1cccc(N)c1. The molecule has 5 heteroatoms. The number of carbonyl (C=O) groups excluding carboxylic acids is 1. The van der Waals surface area contributed by atoms with Gasteiger partial charge in [0, 0.05) is 10.2 Å². The molecule has 0 bridgehead atoms. The van der Waals surface area contributed by atoms with E-state index in [1.807, 2.05) is 31.2 Å². The number of anilines is 1. The summed E-state index contributed by atoms with van der Waals surface area (Å²) in [5, 5.41) is 3.33. The topological polar surface area (TPSA) is 55.1 Å². The van der Waals surface area contributed by atoms with E-state index < -0.39 is 0 Å². The maximum absolute atomic E-state index is 12.2. The first-order valence-electron chi connectivity index (χ1n) is 6.08. The van der Waals surface area contributed by atoms with Crippen molar-refractivity contribution in [3.05, 3.63) is 63.1 Å². The molecule has 0 aliphatic heterocycles. The van der Waals surface area contributed by atoms with Crippen molar-refractivity contribution in [2.24, 2.45) is 0 Å². The van der Waals surface area contributed by atoms with E-state index in [1.165, 1.54) is 0 Å². The molecule has 0 aliphatic carbocycles. The van der Waals surface area contributed by atoms with Crippen molar-refractivity contribution in [3.63, 3.8) is 0 Å². The van der Waals surface area contributed by atoms with Gasteiger partial charge < -0.3 is 11.1 Å². The Morgan fingerprint density at radius 3 is 2.75 bits per heavy atom. The van der Waals surface area contributed by atoms with Crippen molar-refractivity contribution in [2.45, 2.75) is 13.0 Å². The fraction of sp³-hybridized carbons (Fsp3) is 0.133. The van der Waals surface area contributed by atoms with Crippen molar-refractivity contribution in [1.29, 1.82) is 0 Å². The number of benzene rings is 2. The number of hydrogen-bond acceptors (Lipinski definition) is 2. The molecule has 3 N–H and O–H groups in total. The molecule has 0 aromatic heterocycles. The van der Waals surface area contributed by atoms with E-state index in [-0.39, 0.29) is 11.9 Å². The van der Waals surface area contributed by atoms with Crippen LogP contribution >= 0.6 is 27.5 Å². The predicted molar refractivity (Wildman–Crippen MR) is 85.9 cm³/mol. The Kier molecular flexibility index (Phi) is 4.68. The lowest BCUT2D eigenvalue weighted by Gasteiger charge is -2.15. The van der Waals surface area contributed by atoms with Crippen LogP contribution in [0.2, 0.25) is 5.02 Å². The number of nitrogen functional groups attached to an aromatic ring is 1. The van der Waals surface area contributed by atoms with Gasteiger partial charge in [0.05, 0.1) is 16.6 Å². The highest BCUT2D eigenvalue weighted by molar-refractivity contribution is 9.10. The minimum absolute atomic E-state index is 0.152. The molecule has 1 atom stereocenters. The number of amides is 1. The quantitative estimate of drug-likeness (QED) is 0.813. The van der Waals surface area contributed by atoms with Gasteiger partial charge in [0.2, 0.25) is 0 Å². The van der Waals surface area contributed by atoms with Crippen LogP contribution in [0.1, 0.15) is 28.9 Å². The molecule has 1 unspecified atom stereocenters. The maximum Gasteiger partial charge on any atom is 0.253 e. The molecular formula is C15H14BrClN2O. The lowest BCUT2D eigenvalue weighted by Crippen LogP contribution is -2.27. The Labute approximate surface area is 131 Å². The first-order chi connectivity index (χ1) is 9.47. The van der Waals surface area contributed by atoms with Crippen molar-refractivity contribution in [2.75, 3.05) is 5.73 Å². The third-order valence-electron chi connectivity index (χ3n) is 2.93. The molecule has 3 nitrogen and oxygen atoms in total. The van der Waals surface area contributed by atoms with Gasteiger partial charge >= 0.3 is 0 Å². The molecule has 104 valence electrons. The fourth-order valence-electron chi connectivity index (χ4n) is 1.86. The highest BCUT2D eigenvalue weighted by atomic mass is 79.9.